The van der Waals surface area contributed by atoms with Gasteiger partial charge in [-0.3, -0.25) is 4.79 Å². The van der Waals surface area contributed by atoms with Gasteiger partial charge in [-0.15, -0.1) is 23.7 Å². The molecule has 3 unspecified atom stereocenters. The van der Waals surface area contributed by atoms with Crippen LogP contribution in [0.15, 0.2) is 17.5 Å². The summed E-state index contributed by atoms with van der Waals surface area (Å²) in [5.41, 5.74) is 5.22. The largest absolute Gasteiger partial charge is 0.378 e. The number of halogens is 1. The molecule has 0 spiro atoms. The molecule has 3 N–H and O–H groups in total. The van der Waals surface area contributed by atoms with Crippen LogP contribution in [0.4, 0.5) is 0 Å². The standard InChI is InChI=1S/C17H28N2O2S.ClH/c1-5-21-14-10-17(18,16(14,3)4)15(20)19-11-12(2)9-13-7-6-8-22-13;/h6-8,12,14H,5,9-11,18H2,1-4H3,(H,19,20);1H. The lowest BCUT2D eigenvalue weighted by Crippen LogP contribution is -2.75. The Balaban J connectivity index is 0.00000264. The second-order valence-corrected chi connectivity index (χ2v) is 7.97. The first-order valence-electron chi connectivity index (χ1n) is 8.02. The van der Waals surface area contributed by atoms with Crippen molar-refractivity contribution in [1.82, 2.24) is 5.32 Å². The molecule has 1 aromatic rings. The lowest BCUT2D eigenvalue weighted by Gasteiger charge is -2.57. The van der Waals surface area contributed by atoms with Crippen molar-refractivity contribution in [1.29, 1.82) is 0 Å². The smallest absolute Gasteiger partial charge is 0.240 e. The van der Waals surface area contributed by atoms with E-state index in [1.54, 1.807) is 11.3 Å². The van der Waals surface area contributed by atoms with Crippen LogP contribution in [0.1, 0.15) is 39.0 Å². The number of carbonyl (C=O) groups is 1. The number of carbonyl (C=O) groups excluding carboxylic acids is 1. The maximum atomic E-state index is 12.5. The summed E-state index contributed by atoms with van der Waals surface area (Å²) in [6.07, 6.45) is 1.65. The van der Waals surface area contributed by atoms with Gasteiger partial charge in [-0.05, 0) is 30.7 Å². The minimum absolute atomic E-state index is 0. The number of amides is 1. The minimum atomic E-state index is -0.824. The number of hydrogen-bond donors (Lipinski definition) is 2. The molecule has 0 aromatic carbocycles. The van der Waals surface area contributed by atoms with Crippen LogP contribution in [0.3, 0.4) is 0 Å². The van der Waals surface area contributed by atoms with Crippen molar-refractivity contribution in [2.24, 2.45) is 17.1 Å². The average Bonchev–Trinajstić information content (AvgIpc) is 2.97. The van der Waals surface area contributed by atoms with Crippen LogP contribution in [0.2, 0.25) is 0 Å². The van der Waals surface area contributed by atoms with Crippen LogP contribution in [0.5, 0.6) is 0 Å². The molecule has 0 saturated heterocycles. The van der Waals surface area contributed by atoms with Gasteiger partial charge >= 0.3 is 0 Å². The quantitative estimate of drug-likeness (QED) is 0.785. The highest BCUT2D eigenvalue weighted by molar-refractivity contribution is 7.09. The summed E-state index contributed by atoms with van der Waals surface area (Å²) in [4.78, 5) is 13.9. The highest BCUT2D eigenvalue weighted by Gasteiger charge is 2.62. The SMILES string of the molecule is CCOC1CC(N)(C(=O)NCC(C)Cc2cccs2)C1(C)C.Cl. The molecule has 23 heavy (non-hydrogen) atoms. The molecule has 2 rings (SSSR count). The average molecular weight is 361 g/mol. The van der Waals surface area contributed by atoms with Gasteiger partial charge < -0.3 is 15.8 Å². The highest BCUT2D eigenvalue weighted by Crippen LogP contribution is 2.49. The maximum Gasteiger partial charge on any atom is 0.240 e. The highest BCUT2D eigenvalue weighted by atomic mass is 35.5. The van der Waals surface area contributed by atoms with Crippen molar-refractivity contribution < 1.29 is 9.53 Å². The third kappa shape index (κ3) is 4.08. The number of nitrogens with one attached hydrogen (secondary N) is 1. The van der Waals surface area contributed by atoms with E-state index in [4.69, 9.17) is 10.5 Å². The Morgan fingerprint density at radius 3 is 2.78 bits per heavy atom. The summed E-state index contributed by atoms with van der Waals surface area (Å²) in [5, 5.41) is 5.12. The Labute approximate surface area is 149 Å². The molecule has 1 aliphatic carbocycles. The molecule has 0 aliphatic heterocycles. The van der Waals surface area contributed by atoms with Crippen molar-refractivity contribution in [2.45, 2.75) is 52.2 Å². The van der Waals surface area contributed by atoms with Gasteiger partial charge in [0.15, 0.2) is 0 Å². The molecule has 1 saturated carbocycles. The van der Waals surface area contributed by atoms with Crippen LogP contribution in [0, 0.1) is 11.3 Å². The molecule has 0 radical (unpaired) electrons. The fraction of sp³-hybridized carbons (Fsp3) is 0.706. The first kappa shape index (κ1) is 20.4. The molecule has 4 nitrogen and oxygen atoms in total. The number of rotatable bonds is 7. The van der Waals surface area contributed by atoms with Crippen LogP contribution in [-0.2, 0) is 16.0 Å². The van der Waals surface area contributed by atoms with Crippen LogP contribution >= 0.6 is 23.7 Å². The van der Waals surface area contributed by atoms with Crippen molar-refractivity contribution >= 4 is 29.7 Å². The number of thiophene rings is 1. The third-order valence-corrected chi connectivity index (χ3v) is 5.87. The van der Waals surface area contributed by atoms with Gasteiger partial charge in [-0.25, -0.2) is 0 Å². The van der Waals surface area contributed by atoms with Gasteiger partial charge in [-0.1, -0.05) is 26.8 Å². The zero-order chi connectivity index (χ0) is 16.4. The van der Waals surface area contributed by atoms with Gasteiger partial charge in [0.05, 0.1) is 6.10 Å². The van der Waals surface area contributed by atoms with Crippen molar-refractivity contribution in [3.05, 3.63) is 22.4 Å². The number of nitrogens with two attached hydrogens (primary N) is 1. The summed E-state index contributed by atoms with van der Waals surface area (Å²) in [6.45, 7) is 9.47. The number of ether oxygens (including phenoxy) is 1. The predicted molar refractivity (Wildman–Crippen MR) is 98.2 cm³/mol. The molecule has 1 aromatic heterocycles. The van der Waals surface area contributed by atoms with E-state index in [0.717, 1.165) is 6.42 Å². The Bertz CT molecular complexity index is 507. The second kappa shape index (κ2) is 7.97. The van der Waals surface area contributed by atoms with E-state index in [-0.39, 0.29) is 29.8 Å². The molecular weight excluding hydrogens is 332 g/mol. The predicted octanol–water partition coefficient (Wildman–Crippen LogP) is 3.00. The molecule has 132 valence electrons. The van der Waals surface area contributed by atoms with Crippen LogP contribution in [0.25, 0.3) is 0 Å². The summed E-state index contributed by atoms with van der Waals surface area (Å²) in [6, 6.07) is 4.19. The normalized spacial score (nSPS) is 26.7. The molecule has 6 heteroatoms. The molecule has 1 aliphatic rings. The molecular formula is C17H29ClN2O2S. The van der Waals surface area contributed by atoms with E-state index in [1.807, 2.05) is 20.8 Å². The Morgan fingerprint density at radius 2 is 2.26 bits per heavy atom. The van der Waals surface area contributed by atoms with E-state index in [2.05, 4.69) is 29.8 Å². The number of hydrogen-bond acceptors (Lipinski definition) is 4. The molecule has 1 fully saturated rings. The Hall–Kier alpha value is -0.620. The summed E-state index contributed by atoms with van der Waals surface area (Å²) >= 11 is 1.76. The van der Waals surface area contributed by atoms with Gasteiger partial charge in [0, 0.05) is 29.9 Å². The van der Waals surface area contributed by atoms with Crippen molar-refractivity contribution in [2.75, 3.05) is 13.2 Å². The Kier molecular flexibility index (Phi) is 7.08. The van der Waals surface area contributed by atoms with Gasteiger partial charge in [0.25, 0.3) is 0 Å². The van der Waals surface area contributed by atoms with Gasteiger partial charge in [0.2, 0.25) is 5.91 Å². The summed E-state index contributed by atoms with van der Waals surface area (Å²) < 4.78 is 5.68. The van der Waals surface area contributed by atoms with E-state index >= 15 is 0 Å². The maximum absolute atomic E-state index is 12.5. The zero-order valence-corrected chi connectivity index (χ0v) is 16.1. The van der Waals surface area contributed by atoms with Crippen molar-refractivity contribution in [3.8, 4) is 0 Å². The third-order valence-electron chi connectivity index (χ3n) is 4.98. The fourth-order valence-corrected chi connectivity index (χ4v) is 3.96. The van der Waals surface area contributed by atoms with E-state index in [9.17, 15) is 4.79 Å². The van der Waals surface area contributed by atoms with E-state index < -0.39 is 5.54 Å². The lowest BCUT2D eigenvalue weighted by atomic mass is 9.54. The monoisotopic (exact) mass is 360 g/mol. The van der Waals surface area contributed by atoms with Crippen molar-refractivity contribution in [3.63, 3.8) is 0 Å². The van der Waals surface area contributed by atoms with Gasteiger partial charge in [-0.2, -0.15) is 0 Å². The molecule has 1 amide bonds. The van der Waals surface area contributed by atoms with E-state index in [1.165, 1.54) is 4.88 Å². The second-order valence-electron chi connectivity index (χ2n) is 6.94. The topological polar surface area (TPSA) is 64.3 Å². The first-order valence-corrected chi connectivity index (χ1v) is 8.90. The fourth-order valence-electron chi connectivity index (χ4n) is 3.09. The molecule has 1 heterocycles. The minimum Gasteiger partial charge on any atom is -0.378 e. The van der Waals surface area contributed by atoms with Crippen LogP contribution < -0.4 is 11.1 Å². The summed E-state index contributed by atoms with van der Waals surface area (Å²) in [7, 11) is 0. The molecule has 0 bridgehead atoms. The Morgan fingerprint density at radius 1 is 1.57 bits per heavy atom. The van der Waals surface area contributed by atoms with E-state index in [0.29, 0.717) is 25.5 Å². The molecule has 3 atom stereocenters. The summed E-state index contributed by atoms with van der Waals surface area (Å²) in [5.74, 6) is 0.351. The van der Waals surface area contributed by atoms with Gasteiger partial charge in [0.1, 0.15) is 5.54 Å². The lowest BCUT2D eigenvalue weighted by molar-refractivity contribution is -0.170. The zero-order valence-electron chi connectivity index (χ0n) is 14.4. The first-order chi connectivity index (χ1) is 10.3. The van der Waals surface area contributed by atoms with Crippen LogP contribution in [-0.4, -0.2) is 30.7 Å².